The van der Waals surface area contributed by atoms with Crippen LogP contribution in [0.1, 0.15) is 29.1 Å². The number of aromatic carboxylic acids is 1. The number of halogens is 2. The van der Waals surface area contributed by atoms with Gasteiger partial charge in [0.25, 0.3) is 0 Å². The molecular formula is C21H20Cl2N2O3S. The fourth-order valence-corrected chi connectivity index (χ4v) is 4.37. The van der Waals surface area contributed by atoms with Crippen molar-refractivity contribution in [2.45, 2.75) is 20.3 Å². The molecule has 0 aliphatic rings. The molecule has 0 amide bonds. The number of nitrogens with zero attached hydrogens (tertiary/aromatic N) is 1. The first-order valence-corrected chi connectivity index (χ1v) is 10.5. The zero-order valence-corrected chi connectivity index (χ0v) is 18.5. The van der Waals surface area contributed by atoms with Gasteiger partial charge in [0.15, 0.2) is 5.13 Å². The van der Waals surface area contributed by atoms with Gasteiger partial charge in [0.05, 0.1) is 22.8 Å². The Kier molecular flexibility index (Phi) is 6.67. The van der Waals surface area contributed by atoms with Crippen LogP contribution >= 0.6 is 34.5 Å². The molecule has 1 aromatic heterocycles. The third-order valence-electron chi connectivity index (χ3n) is 4.17. The zero-order chi connectivity index (χ0) is 21.1. The van der Waals surface area contributed by atoms with Crippen LogP contribution in [-0.2, 0) is 6.42 Å². The monoisotopic (exact) mass is 450 g/mol. The Labute approximate surface area is 183 Å². The molecule has 0 fully saturated rings. The third kappa shape index (κ3) is 5.01. The van der Waals surface area contributed by atoms with Gasteiger partial charge in [-0.1, -0.05) is 43.1 Å². The summed E-state index contributed by atoms with van der Waals surface area (Å²) in [5.41, 5.74) is 2.44. The second-order valence-electron chi connectivity index (χ2n) is 6.86. The van der Waals surface area contributed by atoms with E-state index in [1.165, 1.54) is 24.5 Å². The van der Waals surface area contributed by atoms with Crippen LogP contribution < -0.4 is 10.1 Å². The van der Waals surface area contributed by atoms with Crippen LogP contribution in [0.4, 0.5) is 10.8 Å². The quantitative estimate of drug-likeness (QED) is 0.415. The van der Waals surface area contributed by atoms with E-state index in [1.54, 1.807) is 18.2 Å². The van der Waals surface area contributed by atoms with Crippen molar-refractivity contribution in [1.29, 1.82) is 0 Å². The highest BCUT2D eigenvalue weighted by Gasteiger charge is 2.17. The molecule has 0 saturated carbocycles. The minimum absolute atomic E-state index is 0.0844. The average molecular weight is 451 g/mol. The lowest BCUT2D eigenvalue weighted by atomic mass is 10.0. The number of thiazole rings is 1. The van der Waals surface area contributed by atoms with E-state index in [4.69, 9.17) is 32.9 Å². The largest absolute Gasteiger partial charge is 0.496 e. The highest BCUT2D eigenvalue weighted by atomic mass is 35.5. The molecule has 0 radical (unpaired) electrons. The number of methoxy groups -OCH3 is 1. The highest BCUT2D eigenvalue weighted by molar-refractivity contribution is 7.16. The molecule has 0 bridgehead atoms. The van der Waals surface area contributed by atoms with Gasteiger partial charge in [0.1, 0.15) is 11.3 Å². The highest BCUT2D eigenvalue weighted by Crippen LogP contribution is 2.37. The van der Waals surface area contributed by atoms with E-state index < -0.39 is 5.97 Å². The van der Waals surface area contributed by atoms with Crippen molar-refractivity contribution in [3.63, 3.8) is 0 Å². The van der Waals surface area contributed by atoms with Crippen LogP contribution in [-0.4, -0.2) is 23.2 Å². The van der Waals surface area contributed by atoms with Crippen molar-refractivity contribution in [2.24, 2.45) is 5.92 Å². The standard InChI is InChI=1S/C21H20Cl2N2O3S/c1-11(2)8-18-19(12-4-6-15(22)16(23)9-12)25-21(29-18)24-13-5-7-17(28-3)14(10-13)20(26)27/h4-7,9-11H,8H2,1-3H3,(H,24,25)(H,26,27). The fraction of sp³-hybridized carbons (Fsp3) is 0.238. The Hall–Kier alpha value is -2.28. The second-order valence-corrected chi connectivity index (χ2v) is 8.76. The van der Waals surface area contributed by atoms with E-state index in [9.17, 15) is 9.90 Å². The molecule has 2 aromatic carbocycles. The first-order chi connectivity index (χ1) is 13.8. The van der Waals surface area contributed by atoms with Crippen LogP contribution in [0, 0.1) is 5.92 Å². The van der Waals surface area contributed by atoms with Crippen molar-refractivity contribution in [3.05, 3.63) is 56.9 Å². The lowest BCUT2D eigenvalue weighted by molar-refractivity contribution is 0.0693. The Morgan fingerprint density at radius 2 is 1.97 bits per heavy atom. The lowest BCUT2D eigenvalue weighted by Gasteiger charge is -2.08. The number of carboxylic acid groups (broad SMARTS) is 1. The van der Waals surface area contributed by atoms with E-state index in [2.05, 4.69) is 19.2 Å². The zero-order valence-electron chi connectivity index (χ0n) is 16.1. The van der Waals surface area contributed by atoms with E-state index in [0.29, 0.717) is 32.5 Å². The average Bonchev–Trinajstić information content (AvgIpc) is 3.05. The van der Waals surface area contributed by atoms with Gasteiger partial charge in [-0.2, -0.15) is 0 Å². The first kappa shape index (κ1) is 21.4. The predicted octanol–water partition coefficient (Wildman–Crippen LogP) is 6.77. The molecule has 0 aliphatic heterocycles. The predicted molar refractivity (Wildman–Crippen MR) is 119 cm³/mol. The van der Waals surface area contributed by atoms with E-state index >= 15 is 0 Å². The summed E-state index contributed by atoms with van der Waals surface area (Å²) >= 11 is 13.8. The molecule has 29 heavy (non-hydrogen) atoms. The summed E-state index contributed by atoms with van der Waals surface area (Å²) in [5, 5.41) is 14.2. The molecule has 0 unspecified atom stereocenters. The molecule has 3 aromatic rings. The molecule has 0 atom stereocenters. The van der Waals surface area contributed by atoms with Gasteiger partial charge in [-0.25, -0.2) is 9.78 Å². The number of hydrogen-bond acceptors (Lipinski definition) is 5. The molecule has 1 heterocycles. The number of anilines is 2. The van der Waals surface area contributed by atoms with Crippen LogP contribution in [0.5, 0.6) is 5.75 Å². The van der Waals surface area contributed by atoms with Crippen molar-refractivity contribution >= 4 is 51.3 Å². The number of carboxylic acids is 1. The summed E-state index contributed by atoms with van der Waals surface area (Å²) in [6.07, 6.45) is 0.859. The number of hydrogen-bond donors (Lipinski definition) is 2. The lowest BCUT2D eigenvalue weighted by Crippen LogP contribution is -2.01. The smallest absolute Gasteiger partial charge is 0.339 e. The number of benzene rings is 2. The van der Waals surface area contributed by atoms with Gasteiger partial charge in [0.2, 0.25) is 0 Å². The van der Waals surface area contributed by atoms with Crippen LogP contribution in [0.25, 0.3) is 11.3 Å². The van der Waals surface area contributed by atoms with Gasteiger partial charge in [0, 0.05) is 16.1 Å². The van der Waals surface area contributed by atoms with Gasteiger partial charge in [-0.15, -0.1) is 11.3 Å². The number of aromatic nitrogens is 1. The summed E-state index contributed by atoms with van der Waals surface area (Å²) in [4.78, 5) is 17.3. The maximum Gasteiger partial charge on any atom is 0.339 e. The molecule has 0 aliphatic carbocycles. The Morgan fingerprint density at radius 3 is 2.59 bits per heavy atom. The summed E-state index contributed by atoms with van der Waals surface area (Å²) in [7, 11) is 1.44. The van der Waals surface area contributed by atoms with Crippen LogP contribution in [0.2, 0.25) is 10.0 Å². The molecule has 152 valence electrons. The number of carbonyl (C=O) groups is 1. The van der Waals surface area contributed by atoms with Crippen molar-refractivity contribution < 1.29 is 14.6 Å². The molecule has 8 heteroatoms. The fourth-order valence-electron chi connectivity index (χ4n) is 2.86. The van der Waals surface area contributed by atoms with Crippen molar-refractivity contribution in [1.82, 2.24) is 4.98 Å². The minimum Gasteiger partial charge on any atom is -0.496 e. The van der Waals surface area contributed by atoms with Gasteiger partial charge >= 0.3 is 5.97 Å². The van der Waals surface area contributed by atoms with E-state index in [0.717, 1.165) is 22.6 Å². The summed E-state index contributed by atoms with van der Waals surface area (Å²) in [6, 6.07) is 10.4. The number of ether oxygens (including phenoxy) is 1. The Bertz CT molecular complexity index is 1050. The topological polar surface area (TPSA) is 71.5 Å². The van der Waals surface area contributed by atoms with Crippen molar-refractivity contribution in [2.75, 3.05) is 12.4 Å². The third-order valence-corrected chi connectivity index (χ3v) is 5.90. The van der Waals surface area contributed by atoms with Crippen molar-refractivity contribution in [3.8, 4) is 17.0 Å². The van der Waals surface area contributed by atoms with E-state index in [1.807, 2.05) is 12.1 Å². The molecule has 0 saturated heterocycles. The van der Waals surface area contributed by atoms with Gasteiger partial charge < -0.3 is 15.2 Å². The minimum atomic E-state index is -1.05. The molecule has 3 rings (SSSR count). The summed E-state index contributed by atoms with van der Waals surface area (Å²) in [6.45, 7) is 4.29. The first-order valence-electron chi connectivity index (χ1n) is 8.92. The SMILES string of the molecule is COc1ccc(Nc2nc(-c3ccc(Cl)c(Cl)c3)c(CC(C)C)s2)cc1C(=O)O. The summed E-state index contributed by atoms with van der Waals surface area (Å²) < 4.78 is 5.11. The van der Waals surface area contributed by atoms with Gasteiger partial charge in [-0.05, 0) is 42.7 Å². The number of rotatable bonds is 7. The Morgan fingerprint density at radius 1 is 1.21 bits per heavy atom. The molecule has 0 spiro atoms. The summed E-state index contributed by atoms with van der Waals surface area (Å²) in [5.74, 6) is -0.301. The maximum atomic E-state index is 11.5. The second kappa shape index (κ2) is 9.03. The van der Waals surface area contributed by atoms with Gasteiger partial charge in [-0.3, -0.25) is 0 Å². The Balaban J connectivity index is 1.98. The van der Waals surface area contributed by atoms with Crippen LogP contribution in [0.15, 0.2) is 36.4 Å². The molecular weight excluding hydrogens is 431 g/mol. The molecule has 5 nitrogen and oxygen atoms in total. The molecule has 2 N–H and O–H groups in total. The maximum absolute atomic E-state index is 11.5. The van der Waals surface area contributed by atoms with Crippen LogP contribution in [0.3, 0.4) is 0 Å². The van der Waals surface area contributed by atoms with E-state index in [-0.39, 0.29) is 5.56 Å². The normalized spacial score (nSPS) is 11.0. The number of nitrogens with one attached hydrogen (secondary N) is 1.